The predicted molar refractivity (Wildman–Crippen MR) is 59.4 cm³/mol. The molecule has 4 nitrogen and oxygen atoms in total. The van der Waals surface area contributed by atoms with Crippen LogP contribution in [0, 0.1) is 11.8 Å². The lowest BCUT2D eigenvalue weighted by molar-refractivity contribution is -0.147. The van der Waals surface area contributed by atoms with E-state index in [0.717, 1.165) is 32.5 Å². The number of likely N-dealkylation sites (tertiary alicyclic amines) is 1. The first-order chi connectivity index (χ1) is 7.22. The van der Waals surface area contributed by atoms with Crippen molar-refractivity contribution in [1.82, 2.24) is 4.90 Å². The van der Waals surface area contributed by atoms with Crippen molar-refractivity contribution in [3.05, 3.63) is 0 Å². The molecule has 1 aliphatic rings. The van der Waals surface area contributed by atoms with Gasteiger partial charge >= 0.3 is 5.97 Å². The molecule has 0 saturated carbocycles. The molecule has 0 bridgehead atoms. The van der Waals surface area contributed by atoms with Crippen molar-refractivity contribution in [1.29, 1.82) is 0 Å². The molecule has 0 aromatic heterocycles. The highest BCUT2D eigenvalue weighted by Crippen LogP contribution is 2.25. The van der Waals surface area contributed by atoms with Crippen molar-refractivity contribution in [3.8, 4) is 0 Å². The van der Waals surface area contributed by atoms with Gasteiger partial charge in [0.25, 0.3) is 0 Å². The van der Waals surface area contributed by atoms with Crippen LogP contribution in [0.4, 0.5) is 0 Å². The topological polar surface area (TPSA) is 55.6 Å². The van der Waals surface area contributed by atoms with Crippen LogP contribution < -0.4 is 5.73 Å². The first-order valence-corrected chi connectivity index (χ1v) is 5.73. The minimum absolute atomic E-state index is 0.103. The van der Waals surface area contributed by atoms with Gasteiger partial charge in [-0.1, -0.05) is 6.92 Å². The summed E-state index contributed by atoms with van der Waals surface area (Å²) in [5.41, 5.74) is 5.63. The molecule has 0 aromatic rings. The summed E-state index contributed by atoms with van der Waals surface area (Å²) in [4.78, 5) is 13.9. The molecule has 1 rings (SSSR count). The highest BCUT2D eigenvalue weighted by molar-refractivity contribution is 5.72. The van der Waals surface area contributed by atoms with Crippen LogP contribution in [-0.4, -0.2) is 44.2 Å². The molecule has 1 fully saturated rings. The van der Waals surface area contributed by atoms with Crippen LogP contribution in [0.1, 0.15) is 19.8 Å². The number of piperidine rings is 1. The normalized spacial score (nSPS) is 21.3. The van der Waals surface area contributed by atoms with Crippen LogP contribution in [0.25, 0.3) is 0 Å². The van der Waals surface area contributed by atoms with E-state index in [4.69, 9.17) is 10.5 Å². The van der Waals surface area contributed by atoms with E-state index in [1.165, 1.54) is 7.11 Å². The quantitative estimate of drug-likeness (QED) is 0.691. The smallest absolute Gasteiger partial charge is 0.310 e. The van der Waals surface area contributed by atoms with Gasteiger partial charge in [0, 0.05) is 6.54 Å². The molecule has 4 heteroatoms. The molecule has 0 radical (unpaired) electrons. The predicted octanol–water partition coefficient (Wildman–Crippen LogP) is 0.466. The lowest BCUT2D eigenvalue weighted by Crippen LogP contribution is -2.40. The zero-order valence-corrected chi connectivity index (χ0v) is 9.74. The summed E-state index contributed by atoms with van der Waals surface area (Å²) < 4.78 is 4.78. The first-order valence-electron chi connectivity index (χ1n) is 5.73. The maximum atomic E-state index is 11.5. The van der Waals surface area contributed by atoms with Gasteiger partial charge in [-0.15, -0.1) is 0 Å². The fourth-order valence-electron chi connectivity index (χ4n) is 2.30. The number of hydrogen-bond acceptors (Lipinski definition) is 4. The Hall–Kier alpha value is -0.610. The van der Waals surface area contributed by atoms with Crippen LogP contribution in [0.3, 0.4) is 0 Å². The Balaban J connectivity index is 2.46. The third-order valence-corrected chi connectivity index (χ3v) is 3.41. The summed E-state index contributed by atoms with van der Waals surface area (Å²) in [6.07, 6.45) is 2.12. The summed E-state index contributed by atoms with van der Waals surface area (Å²) in [5.74, 6) is 0.159. The number of ether oxygens (including phenoxy) is 1. The number of carbonyl (C=O) groups is 1. The number of hydrogen-bond donors (Lipinski definition) is 1. The van der Waals surface area contributed by atoms with Crippen molar-refractivity contribution in [2.24, 2.45) is 17.6 Å². The zero-order valence-electron chi connectivity index (χ0n) is 9.74. The Morgan fingerprint density at radius 3 is 2.53 bits per heavy atom. The standard InChI is InChI=1S/C11H22N2O2/c1-3-13-6-4-9(5-7-13)10(8-12)11(14)15-2/h9-10H,3-8,12H2,1-2H3. The van der Waals surface area contributed by atoms with E-state index in [0.29, 0.717) is 12.5 Å². The van der Waals surface area contributed by atoms with Crippen molar-refractivity contribution in [3.63, 3.8) is 0 Å². The van der Waals surface area contributed by atoms with Crippen molar-refractivity contribution >= 4 is 5.97 Å². The summed E-state index contributed by atoms with van der Waals surface area (Å²) in [5, 5.41) is 0. The zero-order chi connectivity index (χ0) is 11.3. The van der Waals surface area contributed by atoms with Gasteiger partial charge in [-0.05, 0) is 38.4 Å². The third-order valence-electron chi connectivity index (χ3n) is 3.41. The average molecular weight is 214 g/mol. The number of nitrogens with zero attached hydrogens (tertiary/aromatic N) is 1. The van der Waals surface area contributed by atoms with Crippen molar-refractivity contribution in [2.45, 2.75) is 19.8 Å². The molecule has 0 amide bonds. The second kappa shape index (κ2) is 6.08. The second-order valence-electron chi connectivity index (χ2n) is 4.14. The maximum Gasteiger partial charge on any atom is 0.310 e. The van der Waals surface area contributed by atoms with Crippen LogP contribution in [0.5, 0.6) is 0 Å². The van der Waals surface area contributed by atoms with Gasteiger partial charge in [0.05, 0.1) is 13.0 Å². The average Bonchev–Trinajstić information content (AvgIpc) is 2.30. The van der Waals surface area contributed by atoms with Gasteiger partial charge in [0.15, 0.2) is 0 Å². The Morgan fingerprint density at radius 1 is 1.53 bits per heavy atom. The largest absolute Gasteiger partial charge is 0.469 e. The summed E-state index contributed by atoms with van der Waals surface area (Å²) in [7, 11) is 1.44. The minimum atomic E-state index is -0.146. The van der Waals surface area contributed by atoms with E-state index in [1.54, 1.807) is 0 Å². The van der Waals surface area contributed by atoms with E-state index < -0.39 is 0 Å². The van der Waals surface area contributed by atoms with Crippen LogP contribution >= 0.6 is 0 Å². The fourth-order valence-corrected chi connectivity index (χ4v) is 2.30. The van der Waals surface area contributed by atoms with E-state index >= 15 is 0 Å². The fraction of sp³-hybridized carbons (Fsp3) is 0.909. The van der Waals surface area contributed by atoms with Crippen LogP contribution in [0.2, 0.25) is 0 Å². The number of carbonyl (C=O) groups excluding carboxylic acids is 1. The maximum absolute atomic E-state index is 11.5. The number of rotatable bonds is 4. The number of nitrogens with two attached hydrogens (primary N) is 1. The SMILES string of the molecule is CCN1CCC(C(CN)C(=O)OC)CC1. The van der Waals surface area contributed by atoms with Crippen LogP contribution in [0.15, 0.2) is 0 Å². The van der Waals surface area contributed by atoms with Gasteiger partial charge in [-0.2, -0.15) is 0 Å². The van der Waals surface area contributed by atoms with Crippen molar-refractivity contribution in [2.75, 3.05) is 33.3 Å². The molecular weight excluding hydrogens is 192 g/mol. The summed E-state index contributed by atoms with van der Waals surface area (Å²) in [6, 6.07) is 0. The van der Waals surface area contributed by atoms with Crippen LogP contribution in [-0.2, 0) is 9.53 Å². The summed E-state index contributed by atoms with van der Waals surface area (Å²) in [6.45, 7) is 5.83. The van der Waals surface area contributed by atoms with Gasteiger partial charge in [-0.3, -0.25) is 4.79 Å². The number of esters is 1. The molecule has 15 heavy (non-hydrogen) atoms. The molecule has 0 spiro atoms. The Bertz CT molecular complexity index is 201. The molecule has 1 unspecified atom stereocenters. The highest BCUT2D eigenvalue weighted by Gasteiger charge is 2.30. The van der Waals surface area contributed by atoms with Gasteiger partial charge < -0.3 is 15.4 Å². The Morgan fingerprint density at radius 2 is 2.13 bits per heavy atom. The van der Waals surface area contributed by atoms with E-state index in [1.807, 2.05) is 0 Å². The van der Waals surface area contributed by atoms with Gasteiger partial charge in [0.2, 0.25) is 0 Å². The van der Waals surface area contributed by atoms with E-state index in [9.17, 15) is 4.79 Å². The first kappa shape index (κ1) is 12.5. The Labute approximate surface area is 91.8 Å². The lowest BCUT2D eigenvalue weighted by Gasteiger charge is -2.33. The highest BCUT2D eigenvalue weighted by atomic mass is 16.5. The van der Waals surface area contributed by atoms with Crippen molar-refractivity contribution < 1.29 is 9.53 Å². The molecule has 1 heterocycles. The molecule has 1 atom stereocenters. The lowest BCUT2D eigenvalue weighted by atomic mass is 9.84. The summed E-state index contributed by atoms with van der Waals surface area (Å²) >= 11 is 0. The molecule has 88 valence electrons. The Kier molecular flexibility index (Phi) is 5.05. The third kappa shape index (κ3) is 3.18. The minimum Gasteiger partial charge on any atom is -0.469 e. The van der Waals surface area contributed by atoms with Gasteiger partial charge in [-0.25, -0.2) is 0 Å². The molecule has 0 aromatic carbocycles. The second-order valence-corrected chi connectivity index (χ2v) is 4.14. The molecule has 1 saturated heterocycles. The van der Waals surface area contributed by atoms with E-state index in [-0.39, 0.29) is 11.9 Å². The number of methoxy groups -OCH3 is 1. The molecule has 0 aliphatic carbocycles. The molecule has 2 N–H and O–H groups in total. The monoisotopic (exact) mass is 214 g/mol. The molecular formula is C11H22N2O2. The van der Waals surface area contributed by atoms with E-state index in [2.05, 4.69) is 11.8 Å². The molecule has 1 aliphatic heterocycles. The van der Waals surface area contributed by atoms with Gasteiger partial charge in [0.1, 0.15) is 0 Å².